The second kappa shape index (κ2) is 7.41. The van der Waals surface area contributed by atoms with Crippen molar-refractivity contribution in [1.82, 2.24) is 10.2 Å². The third-order valence-electron chi connectivity index (χ3n) is 0.852. The summed E-state index contributed by atoms with van der Waals surface area (Å²) < 4.78 is 0. The van der Waals surface area contributed by atoms with E-state index in [0.29, 0.717) is 12.2 Å². The molecule has 6 heteroatoms. The maximum Gasteiger partial charge on any atom is 0.328 e. The topological polar surface area (TPSA) is 100 Å². The lowest BCUT2D eigenvalue weighted by Gasteiger charge is -1.74. The number of aliphatic carboxylic acids is 2. The Morgan fingerprint density at radius 2 is 1.29 bits per heavy atom. The highest BCUT2D eigenvalue weighted by molar-refractivity contribution is 5.89. The molecule has 0 fully saturated rings. The molecule has 0 unspecified atom stereocenters. The quantitative estimate of drug-likeness (QED) is 0.655. The summed E-state index contributed by atoms with van der Waals surface area (Å²) in [5.41, 5.74) is 0. The van der Waals surface area contributed by atoms with Crippen LogP contribution in [0.2, 0.25) is 0 Å². The van der Waals surface area contributed by atoms with E-state index in [1.54, 1.807) is 12.4 Å². The molecule has 0 saturated carbocycles. The Hall–Kier alpha value is -2.24. The number of hydrogen-bond donors (Lipinski definition) is 2. The molecule has 0 saturated heterocycles. The molecule has 14 heavy (non-hydrogen) atoms. The second-order valence-corrected chi connectivity index (χ2v) is 1.92. The van der Waals surface area contributed by atoms with E-state index in [0.717, 1.165) is 0 Å². The van der Waals surface area contributed by atoms with Gasteiger partial charge in [0.1, 0.15) is 0 Å². The van der Waals surface area contributed by atoms with Gasteiger partial charge in [-0.25, -0.2) is 9.59 Å². The predicted molar refractivity (Wildman–Crippen MR) is 46.4 cm³/mol. The zero-order valence-corrected chi connectivity index (χ0v) is 7.07. The highest BCUT2D eigenvalue weighted by atomic mass is 16.4. The lowest BCUT2D eigenvalue weighted by molar-refractivity contribution is -0.134. The molecule has 1 rings (SSSR count). The molecule has 1 aromatic rings. The van der Waals surface area contributed by atoms with Gasteiger partial charge in [-0.2, -0.15) is 10.2 Å². The van der Waals surface area contributed by atoms with Crippen molar-refractivity contribution in [1.29, 1.82) is 0 Å². The maximum atomic E-state index is 9.55. The van der Waals surface area contributed by atoms with Crippen molar-refractivity contribution in [3.8, 4) is 0 Å². The molecule has 74 valence electrons. The number of carboxylic acids is 2. The average molecular weight is 196 g/mol. The molecule has 0 amide bonds. The van der Waals surface area contributed by atoms with Gasteiger partial charge in [0, 0.05) is 24.5 Å². The minimum absolute atomic E-state index is 0.558. The summed E-state index contributed by atoms with van der Waals surface area (Å²) in [7, 11) is 0. The first-order valence-electron chi connectivity index (χ1n) is 3.48. The molecular weight excluding hydrogens is 188 g/mol. The molecule has 0 radical (unpaired) electrons. The van der Waals surface area contributed by atoms with E-state index >= 15 is 0 Å². The minimum Gasteiger partial charge on any atom is -0.478 e. The van der Waals surface area contributed by atoms with Crippen LogP contribution in [-0.2, 0) is 9.59 Å². The molecule has 1 heterocycles. The first kappa shape index (κ1) is 11.8. The Kier molecular flexibility index (Phi) is 6.23. The van der Waals surface area contributed by atoms with Crippen LogP contribution in [0.4, 0.5) is 0 Å². The Morgan fingerprint density at radius 1 is 0.929 bits per heavy atom. The van der Waals surface area contributed by atoms with Crippen molar-refractivity contribution in [3.63, 3.8) is 0 Å². The van der Waals surface area contributed by atoms with E-state index in [4.69, 9.17) is 10.2 Å². The van der Waals surface area contributed by atoms with Crippen LogP contribution in [0.5, 0.6) is 0 Å². The highest BCUT2D eigenvalue weighted by Crippen LogP contribution is 1.70. The van der Waals surface area contributed by atoms with Crippen LogP contribution in [-0.4, -0.2) is 32.3 Å². The molecule has 0 bridgehead atoms. The molecule has 1 aromatic heterocycles. The Labute approximate surface area is 79.5 Å². The van der Waals surface area contributed by atoms with Crippen LogP contribution >= 0.6 is 0 Å². The highest BCUT2D eigenvalue weighted by Gasteiger charge is 1.88. The van der Waals surface area contributed by atoms with Crippen LogP contribution in [0.25, 0.3) is 0 Å². The van der Waals surface area contributed by atoms with Crippen molar-refractivity contribution >= 4 is 11.9 Å². The fourth-order valence-corrected chi connectivity index (χ4v) is 0.396. The van der Waals surface area contributed by atoms with Crippen LogP contribution in [0.3, 0.4) is 0 Å². The number of rotatable bonds is 2. The minimum atomic E-state index is -1.26. The SMILES string of the molecule is O=C(O)/C=C\C(=O)O.c1ccnnc1. The summed E-state index contributed by atoms with van der Waals surface area (Å²) in [6.45, 7) is 0. The summed E-state index contributed by atoms with van der Waals surface area (Å²) >= 11 is 0. The van der Waals surface area contributed by atoms with E-state index in [-0.39, 0.29) is 0 Å². The molecular formula is C8H8N2O4. The van der Waals surface area contributed by atoms with Crippen LogP contribution in [0.15, 0.2) is 36.7 Å². The monoisotopic (exact) mass is 196 g/mol. The molecule has 0 spiro atoms. The molecule has 0 aliphatic heterocycles. The molecule has 6 nitrogen and oxygen atoms in total. The van der Waals surface area contributed by atoms with Crippen LogP contribution in [0, 0.1) is 0 Å². The van der Waals surface area contributed by atoms with Crippen molar-refractivity contribution < 1.29 is 19.8 Å². The fraction of sp³-hybridized carbons (Fsp3) is 0. The lowest BCUT2D eigenvalue weighted by Crippen LogP contribution is -1.91. The summed E-state index contributed by atoms with van der Waals surface area (Å²) in [6, 6.07) is 3.65. The van der Waals surface area contributed by atoms with Gasteiger partial charge >= 0.3 is 11.9 Å². The zero-order valence-electron chi connectivity index (χ0n) is 7.07. The molecule has 2 N–H and O–H groups in total. The van der Waals surface area contributed by atoms with E-state index in [1.807, 2.05) is 12.1 Å². The van der Waals surface area contributed by atoms with Gasteiger partial charge in [-0.15, -0.1) is 0 Å². The van der Waals surface area contributed by atoms with Crippen molar-refractivity contribution in [2.45, 2.75) is 0 Å². The third-order valence-corrected chi connectivity index (χ3v) is 0.852. The van der Waals surface area contributed by atoms with Gasteiger partial charge in [-0.05, 0) is 12.1 Å². The van der Waals surface area contributed by atoms with E-state index in [9.17, 15) is 9.59 Å². The van der Waals surface area contributed by atoms with Gasteiger partial charge in [-0.3, -0.25) is 0 Å². The van der Waals surface area contributed by atoms with Gasteiger partial charge in [0.25, 0.3) is 0 Å². The van der Waals surface area contributed by atoms with Gasteiger partial charge in [-0.1, -0.05) is 0 Å². The molecule has 0 aliphatic rings. The first-order chi connectivity index (χ1) is 6.63. The lowest BCUT2D eigenvalue weighted by atomic mass is 10.5. The van der Waals surface area contributed by atoms with Crippen molar-refractivity contribution in [2.24, 2.45) is 0 Å². The Morgan fingerprint density at radius 3 is 1.43 bits per heavy atom. The molecule has 0 atom stereocenters. The van der Waals surface area contributed by atoms with Crippen LogP contribution in [0.1, 0.15) is 0 Å². The number of carboxylic acid groups (broad SMARTS) is 2. The molecule has 0 aromatic carbocycles. The first-order valence-corrected chi connectivity index (χ1v) is 3.48. The summed E-state index contributed by atoms with van der Waals surface area (Å²) in [5.74, 6) is -2.51. The largest absolute Gasteiger partial charge is 0.478 e. The van der Waals surface area contributed by atoms with Gasteiger partial charge < -0.3 is 10.2 Å². The number of nitrogens with zero attached hydrogens (tertiary/aromatic N) is 2. The number of aromatic nitrogens is 2. The number of hydrogen-bond acceptors (Lipinski definition) is 4. The van der Waals surface area contributed by atoms with Crippen molar-refractivity contribution in [3.05, 3.63) is 36.7 Å². The van der Waals surface area contributed by atoms with E-state index < -0.39 is 11.9 Å². The summed E-state index contributed by atoms with van der Waals surface area (Å²) in [6.07, 6.45) is 4.39. The van der Waals surface area contributed by atoms with Gasteiger partial charge in [0.15, 0.2) is 0 Å². The zero-order chi connectivity index (χ0) is 10.8. The summed E-state index contributed by atoms with van der Waals surface area (Å²) in [5, 5.41) is 22.7. The number of carbonyl (C=O) groups is 2. The average Bonchev–Trinajstić information content (AvgIpc) is 2.18. The summed E-state index contributed by atoms with van der Waals surface area (Å²) in [4.78, 5) is 19.1. The fourth-order valence-electron chi connectivity index (χ4n) is 0.396. The normalized spacial score (nSPS) is 8.86. The van der Waals surface area contributed by atoms with Gasteiger partial charge in [0.05, 0.1) is 0 Å². The van der Waals surface area contributed by atoms with Crippen molar-refractivity contribution in [2.75, 3.05) is 0 Å². The molecule has 0 aliphatic carbocycles. The standard InChI is InChI=1S/C4H4N2.C4H4O4/c1-2-4-6-5-3-1;5-3(6)1-2-4(7)8/h1-4H;1-2H,(H,5,6)(H,7,8)/b;2-1-. The second-order valence-electron chi connectivity index (χ2n) is 1.92. The third kappa shape index (κ3) is 9.76. The van der Waals surface area contributed by atoms with Crippen LogP contribution < -0.4 is 0 Å². The smallest absolute Gasteiger partial charge is 0.328 e. The van der Waals surface area contributed by atoms with E-state index in [1.165, 1.54) is 0 Å². The maximum absolute atomic E-state index is 9.55. The van der Waals surface area contributed by atoms with Gasteiger partial charge in [0.2, 0.25) is 0 Å². The Balaban J connectivity index is 0.000000249. The predicted octanol–water partition coefficient (Wildman–Crippen LogP) is 0.188. The van der Waals surface area contributed by atoms with E-state index in [2.05, 4.69) is 10.2 Å². The Bertz CT molecular complexity index is 268.